The fraction of sp³-hybridized carbons (Fsp3) is 0.0952. The molecule has 0 spiro atoms. The SMILES string of the molecule is CC(c1ccc(-c2ccccc2)cc1)c1ccccc1C(=O)O. The Kier molecular flexibility index (Phi) is 4.24. The van der Waals surface area contributed by atoms with Crippen molar-refractivity contribution in [3.05, 3.63) is 95.6 Å². The number of carboxylic acid groups (broad SMARTS) is 1. The Bertz CT molecular complexity index is 805. The Morgan fingerprint density at radius 1 is 0.783 bits per heavy atom. The molecule has 0 amide bonds. The molecule has 3 aromatic rings. The maximum Gasteiger partial charge on any atom is 0.335 e. The molecule has 2 nitrogen and oxygen atoms in total. The van der Waals surface area contributed by atoms with Gasteiger partial charge in [0.05, 0.1) is 5.56 Å². The zero-order valence-electron chi connectivity index (χ0n) is 12.9. The summed E-state index contributed by atoms with van der Waals surface area (Å²) in [5.74, 6) is -0.847. The molecule has 0 fully saturated rings. The van der Waals surface area contributed by atoms with Crippen molar-refractivity contribution in [1.29, 1.82) is 0 Å². The zero-order chi connectivity index (χ0) is 16.2. The molecule has 0 aliphatic heterocycles. The van der Waals surface area contributed by atoms with Gasteiger partial charge in [-0.2, -0.15) is 0 Å². The van der Waals surface area contributed by atoms with E-state index in [1.807, 2.05) is 37.3 Å². The maximum absolute atomic E-state index is 11.4. The van der Waals surface area contributed by atoms with E-state index in [9.17, 15) is 9.90 Å². The van der Waals surface area contributed by atoms with Crippen LogP contribution in [-0.2, 0) is 0 Å². The summed E-state index contributed by atoms with van der Waals surface area (Å²) in [4.78, 5) is 11.4. The summed E-state index contributed by atoms with van der Waals surface area (Å²) in [6, 6.07) is 25.7. The topological polar surface area (TPSA) is 37.3 Å². The summed E-state index contributed by atoms with van der Waals surface area (Å²) >= 11 is 0. The first kappa shape index (κ1) is 15.0. The van der Waals surface area contributed by atoms with Crippen LogP contribution in [0.15, 0.2) is 78.9 Å². The highest BCUT2D eigenvalue weighted by Gasteiger charge is 2.16. The average Bonchev–Trinajstić information content (AvgIpc) is 2.62. The van der Waals surface area contributed by atoms with Gasteiger partial charge >= 0.3 is 5.97 Å². The lowest BCUT2D eigenvalue weighted by Gasteiger charge is -2.15. The molecule has 23 heavy (non-hydrogen) atoms. The normalized spacial score (nSPS) is 11.9. The fourth-order valence-corrected chi connectivity index (χ4v) is 2.84. The van der Waals surface area contributed by atoms with E-state index in [-0.39, 0.29) is 5.92 Å². The molecule has 0 saturated carbocycles. The van der Waals surface area contributed by atoms with Crippen LogP contribution in [0.4, 0.5) is 0 Å². The standard InChI is InChI=1S/C21H18O2/c1-15(19-9-5-6-10-20(19)21(22)23)16-11-13-18(14-12-16)17-7-3-2-4-8-17/h2-15H,1H3,(H,22,23). The number of benzene rings is 3. The monoisotopic (exact) mass is 302 g/mol. The van der Waals surface area contributed by atoms with Crippen molar-refractivity contribution in [2.24, 2.45) is 0 Å². The predicted molar refractivity (Wildman–Crippen MR) is 92.8 cm³/mol. The molecule has 2 heteroatoms. The van der Waals surface area contributed by atoms with E-state index < -0.39 is 5.97 Å². The summed E-state index contributed by atoms with van der Waals surface area (Å²) in [5, 5.41) is 9.35. The van der Waals surface area contributed by atoms with E-state index in [4.69, 9.17) is 0 Å². The Hall–Kier alpha value is -2.87. The van der Waals surface area contributed by atoms with Crippen LogP contribution in [0.25, 0.3) is 11.1 Å². The molecule has 1 atom stereocenters. The molecular weight excluding hydrogens is 284 g/mol. The first-order valence-electron chi connectivity index (χ1n) is 7.64. The third-order valence-corrected chi connectivity index (χ3v) is 4.18. The summed E-state index contributed by atoms with van der Waals surface area (Å²) in [7, 11) is 0. The molecule has 0 radical (unpaired) electrons. The van der Waals surface area contributed by atoms with Gasteiger partial charge in [0.2, 0.25) is 0 Å². The van der Waals surface area contributed by atoms with Gasteiger partial charge in [-0.05, 0) is 28.3 Å². The molecule has 0 aromatic heterocycles. The summed E-state index contributed by atoms with van der Waals surface area (Å²) < 4.78 is 0. The van der Waals surface area contributed by atoms with Gasteiger partial charge in [-0.15, -0.1) is 0 Å². The lowest BCUT2D eigenvalue weighted by Crippen LogP contribution is -2.06. The smallest absolute Gasteiger partial charge is 0.335 e. The minimum Gasteiger partial charge on any atom is -0.478 e. The second-order valence-corrected chi connectivity index (χ2v) is 5.60. The highest BCUT2D eigenvalue weighted by molar-refractivity contribution is 5.89. The largest absolute Gasteiger partial charge is 0.478 e. The highest BCUT2D eigenvalue weighted by atomic mass is 16.4. The van der Waals surface area contributed by atoms with Crippen molar-refractivity contribution in [3.8, 4) is 11.1 Å². The lowest BCUT2D eigenvalue weighted by molar-refractivity contribution is 0.0695. The van der Waals surface area contributed by atoms with Crippen molar-refractivity contribution < 1.29 is 9.90 Å². The van der Waals surface area contributed by atoms with Crippen LogP contribution < -0.4 is 0 Å². The number of carboxylic acids is 1. The second kappa shape index (κ2) is 6.49. The molecule has 0 saturated heterocycles. The molecule has 1 unspecified atom stereocenters. The number of hydrogen-bond acceptors (Lipinski definition) is 1. The highest BCUT2D eigenvalue weighted by Crippen LogP contribution is 2.29. The molecular formula is C21H18O2. The van der Waals surface area contributed by atoms with E-state index in [1.54, 1.807) is 12.1 Å². The Balaban J connectivity index is 1.92. The summed E-state index contributed by atoms with van der Waals surface area (Å²) in [6.45, 7) is 2.04. The third kappa shape index (κ3) is 3.16. The van der Waals surface area contributed by atoms with Gasteiger partial charge in [0, 0.05) is 5.92 Å². The van der Waals surface area contributed by atoms with Gasteiger partial charge in [0.15, 0.2) is 0 Å². The molecule has 114 valence electrons. The van der Waals surface area contributed by atoms with Gasteiger partial charge in [0.1, 0.15) is 0 Å². The number of carbonyl (C=O) groups is 1. The molecule has 0 aliphatic rings. The average molecular weight is 302 g/mol. The van der Waals surface area contributed by atoms with Crippen LogP contribution >= 0.6 is 0 Å². The third-order valence-electron chi connectivity index (χ3n) is 4.18. The van der Waals surface area contributed by atoms with Crippen molar-refractivity contribution in [3.63, 3.8) is 0 Å². The van der Waals surface area contributed by atoms with E-state index in [1.165, 1.54) is 5.56 Å². The fourth-order valence-electron chi connectivity index (χ4n) is 2.84. The quantitative estimate of drug-likeness (QED) is 0.719. The van der Waals surface area contributed by atoms with Gasteiger partial charge < -0.3 is 5.11 Å². The van der Waals surface area contributed by atoms with Crippen LogP contribution in [0.5, 0.6) is 0 Å². The minimum atomic E-state index is -0.881. The Morgan fingerprint density at radius 3 is 2.00 bits per heavy atom. The van der Waals surface area contributed by atoms with E-state index in [2.05, 4.69) is 36.4 Å². The Labute approximate surface area is 136 Å². The molecule has 1 N–H and O–H groups in total. The van der Waals surface area contributed by atoms with E-state index in [0.29, 0.717) is 5.56 Å². The molecule has 0 aliphatic carbocycles. The molecule has 3 rings (SSSR count). The van der Waals surface area contributed by atoms with Crippen molar-refractivity contribution >= 4 is 5.97 Å². The maximum atomic E-state index is 11.4. The van der Waals surface area contributed by atoms with E-state index in [0.717, 1.165) is 16.7 Å². The van der Waals surface area contributed by atoms with Crippen LogP contribution in [-0.4, -0.2) is 11.1 Å². The first-order chi connectivity index (χ1) is 11.2. The van der Waals surface area contributed by atoms with Gasteiger partial charge in [-0.3, -0.25) is 0 Å². The van der Waals surface area contributed by atoms with Crippen LogP contribution in [0.1, 0.15) is 34.3 Å². The molecule has 0 bridgehead atoms. The number of rotatable bonds is 4. The van der Waals surface area contributed by atoms with Gasteiger partial charge in [0.25, 0.3) is 0 Å². The lowest BCUT2D eigenvalue weighted by atomic mass is 9.89. The number of hydrogen-bond donors (Lipinski definition) is 1. The number of aromatic carboxylic acids is 1. The summed E-state index contributed by atoms with van der Waals surface area (Å²) in [5.41, 5.74) is 4.66. The predicted octanol–water partition coefficient (Wildman–Crippen LogP) is 5.20. The van der Waals surface area contributed by atoms with Crippen LogP contribution in [0, 0.1) is 0 Å². The molecule has 0 heterocycles. The van der Waals surface area contributed by atoms with Crippen LogP contribution in [0.2, 0.25) is 0 Å². The summed E-state index contributed by atoms with van der Waals surface area (Å²) in [6.07, 6.45) is 0. The molecule has 3 aromatic carbocycles. The van der Waals surface area contributed by atoms with Crippen molar-refractivity contribution in [1.82, 2.24) is 0 Å². The van der Waals surface area contributed by atoms with E-state index >= 15 is 0 Å². The van der Waals surface area contributed by atoms with Crippen molar-refractivity contribution in [2.45, 2.75) is 12.8 Å². The second-order valence-electron chi connectivity index (χ2n) is 5.60. The van der Waals surface area contributed by atoms with Gasteiger partial charge in [-0.1, -0.05) is 79.7 Å². The van der Waals surface area contributed by atoms with Crippen molar-refractivity contribution in [2.75, 3.05) is 0 Å². The van der Waals surface area contributed by atoms with Crippen LogP contribution in [0.3, 0.4) is 0 Å². The Morgan fingerprint density at radius 2 is 1.35 bits per heavy atom. The van der Waals surface area contributed by atoms with Gasteiger partial charge in [-0.25, -0.2) is 4.79 Å². The first-order valence-corrected chi connectivity index (χ1v) is 7.64. The minimum absolute atomic E-state index is 0.0344. The zero-order valence-corrected chi connectivity index (χ0v) is 12.9.